The van der Waals surface area contributed by atoms with Crippen molar-refractivity contribution in [1.29, 1.82) is 0 Å². The molecule has 0 bridgehead atoms. The van der Waals surface area contributed by atoms with Gasteiger partial charge in [0.05, 0.1) is 5.56 Å². The van der Waals surface area contributed by atoms with Crippen LogP contribution in [0.2, 0.25) is 0 Å². The van der Waals surface area contributed by atoms with E-state index in [0.717, 1.165) is 31.6 Å². The van der Waals surface area contributed by atoms with E-state index in [-0.39, 0.29) is 5.56 Å². The number of likely N-dealkylation sites (tertiary alicyclic amines) is 1. The Morgan fingerprint density at radius 2 is 2.28 bits per heavy atom. The fourth-order valence-corrected chi connectivity index (χ4v) is 2.20. The van der Waals surface area contributed by atoms with Crippen LogP contribution in [0.4, 0.5) is 8.78 Å². The molecule has 0 spiro atoms. The highest BCUT2D eigenvalue weighted by molar-refractivity contribution is 5.94. The maximum absolute atomic E-state index is 13.4. The van der Waals surface area contributed by atoms with Gasteiger partial charge in [0.1, 0.15) is 11.6 Å². The van der Waals surface area contributed by atoms with Gasteiger partial charge in [0, 0.05) is 19.2 Å². The number of benzene rings is 1. The van der Waals surface area contributed by atoms with Gasteiger partial charge in [-0.15, -0.1) is 0 Å². The predicted octanol–water partition coefficient (Wildman–Crippen LogP) is 1.65. The van der Waals surface area contributed by atoms with E-state index in [0.29, 0.717) is 12.5 Å². The molecule has 1 aromatic rings. The van der Waals surface area contributed by atoms with Crippen molar-refractivity contribution in [2.75, 3.05) is 26.7 Å². The number of rotatable bonds is 3. The van der Waals surface area contributed by atoms with E-state index in [2.05, 4.69) is 10.2 Å². The van der Waals surface area contributed by atoms with Gasteiger partial charge in [-0.05, 0) is 38.1 Å². The summed E-state index contributed by atoms with van der Waals surface area (Å²) < 4.78 is 26.1. The Morgan fingerprint density at radius 1 is 1.50 bits per heavy atom. The van der Waals surface area contributed by atoms with E-state index in [4.69, 9.17) is 0 Å². The lowest BCUT2D eigenvalue weighted by Gasteiger charge is -2.12. The van der Waals surface area contributed by atoms with Gasteiger partial charge < -0.3 is 10.2 Å². The minimum atomic E-state index is -0.823. The number of amides is 1. The van der Waals surface area contributed by atoms with E-state index in [9.17, 15) is 13.6 Å². The average Bonchev–Trinajstić information content (AvgIpc) is 2.72. The molecule has 0 aromatic heterocycles. The van der Waals surface area contributed by atoms with Gasteiger partial charge >= 0.3 is 0 Å². The number of nitrogens with one attached hydrogen (secondary N) is 1. The third kappa shape index (κ3) is 3.04. The van der Waals surface area contributed by atoms with Crippen LogP contribution in [-0.2, 0) is 0 Å². The largest absolute Gasteiger partial charge is 0.352 e. The SMILES string of the molecule is CN1CCC(CNC(=O)c2ccc(F)cc2F)C1. The fraction of sp³-hybridized carbons (Fsp3) is 0.462. The van der Waals surface area contributed by atoms with Crippen molar-refractivity contribution >= 4 is 5.91 Å². The van der Waals surface area contributed by atoms with Crippen molar-refractivity contribution < 1.29 is 13.6 Å². The Labute approximate surface area is 105 Å². The van der Waals surface area contributed by atoms with Crippen molar-refractivity contribution in [3.05, 3.63) is 35.4 Å². The first-order valence-electron chi connectivity index (χ1n) is 5.98. The summed E-state index contributed by atoms with van der Waals surface area (Å²) in [6, 6.07) is 2.97. The molecular formula is C13H16F2N2O. The Hall–Kier alpha value is -1.49. The third-order valence-electron chi connectivity index (χ3n) is 3.22. The maximum Gasteiger partial charge on any atom is 0.254 e. The highest BCUT2D eigenvalue weighted by Crippen LogP contribution is 2.14. The normalized spacial score (nSPS) is 20.1. The van der Waals surface area contributed by atoms with Crippen molar-refractivity contribution in [3.63, 3.8) is 0 Å². The van der Waals surface area contributed by atoms with Crippen LogP contribution in [0.25, 0.3) is 0 Å². The van der Waals surface area contributed by atoms with Gasteiger partial charge in [-0.1, -0.05) is 0 Å². The van der Waals surface area contributed by atoms with E-state index >= 15 is 0 Å². The van der Waals surface area contributed by atoms with Gasteiger partial charge in [0.2, 0.25) is 0 Å². The van der Waals surface area contributed by atoms with E-state index in [1.165, 1.54) is 6.07 Å². The second kappa shape index (κ2) is 5.44. The summed E-state index contributed by atoms with van der Waals surface area (Å²) in [6.07, 6.45) is 1.03. The predicted molar refractivity (Wildman–Crippen MR) is 64.3 cm³/mol. The second-order valence-corrected chi connectivity index (χ2v) is 4.75. The molecule has 1 aromatic carbocycles. The van der Waals surface area contributed by atoms with Crippen LogP contribution in [0.3, 0.4) is 0 Å². The molecule has 1 atom stereocenters. The van der Waals surface area contributed by atoms with Crippen molar-refractivity contribution in [3.8, 4) is 0 Å². The molecule has 18 heavy (non-hydrogen) atoms. The molecule has 1 unspecified atom stereocenters. The smallest absolute Gasteiger partial charge is 0.254 e. The van der Waals surface area contributed by atoms with Gasteiger partial charge in [-0.2, -0.15) is 0 Å². The number of halogens is 2. The number of hydrogen-bond donors (Lipinski definition) is 1. The van der Waals surface area contributed by atoms with Gasteiger partial charge in [-0.25, -0.2) is 8.78 Å². The lowest BCUT2D eigenvalue weighted by molar-refractivity contribution is 0.0943. The molecule has 98 valence electrons. The number of nitrogens with zero attached hydrogens (tertiary/aromatic N) is 1. The van der Waals surface area contributed by atoms with Crippen LogP contribution in [0, 0.1) is 17.6 Å². The molecule has 1 aliphatic heterocycles. The maximum atomic E-state index is 13.4. The van der Waals surface area contributed by atoms with Crippen molar-refractivity contribution in [2.24, 2.45) is 5.92 Å². The zero-order valence-electron chi connectivity index (χ0n) is 10.2. The Kier molecular flexibility index (Phi) is 3.91. The minimum Gasteiger partial charge on any atom is -0.352 e. The standard InChI is InChI=1S/C13H16F2N2O/c1-17-5-4-9(8-17)7-16-13(18)11-3-2-10(14)6-12(11)15/h2-3,6,9H,4-5,7-8H2,1H3,(H,16,18). The Morgan fingerprint density at radius 3 is 2.89 bits per heavy atom. The second-order valence-electron chi connectivity index (χ2n) is 4.75. The summed E-state index contributed by atoms with van der Waals surface area (Å²) in [4.78, 5) is 13.9. The first-order chi connectivity index (χ1) is 8.56. The van der Waals surface area contributed by atoms with Gasteiger partial charge in [0.25, 0.3) is 5.91 Å². The van der Waals surface area contributed by atoms with Crippen LogP contribution >= 0.6 is 0 Å². The monoisotopic (exact) mass is 254 g/mol. The fourth-order valence-electron chi connectivity index (χ4n) is 2.20. The lowest BCUT2D eigenvalue weighted by Crippen LogP contribution is -2.31. The topological polar surface area (TPSA) is 32.3 Å². The van der Waals surface area contributed by atoms with Gasteiger partial charge in [0.15, 0.2) is 0 Å². The van der Waals surface area contributed by atoms with E-state index < -0.39 is 17.5 Å². The zero-order chi connectivity index (χ0) is 13.1. The van der Waals surface area contributed by atoms with E-state index in [1.54, 1.807) is 0 Å². The molecule has 1 fully saturated rings. The average molecular weight is 254 g/mol. The lowest BCUT2D eigenvalue weighted by atomic mass is 10.1. The first-order valence-corrected chi connectivity index (χ1v) is 5.98. The summed E-state index contributed by atoms with van der Waals surface area (Å²) in [6.45, 7) is 2.48. The molecule has 5 heteroatoms. The number of carbonyl (C=O) groups is 1. The molecule has 3 nitrogen and oxygen atoms in total. The number of carbonyl (C=O) groups excluding carboxylic acids is 1. The number of hydrogen-bond acceptors (Lipinski definition) is 2. The van der Waals surface area contributed by atoms with Gasteiger partial charge in [-0.3, -0.25) is 4.79 Å². The molecule has 1 saturated heterocycles. The molecule has 0 aliphatic carbocycles. The highest BCUT2D eigenvalue weighted by atomic mass is 19.1. The summed E-state index contributed by atoms with van der Waals surface area (Å²) >= 11 is 0. The summed E-state index contributed by atoms with van der Waals surface area (Å²) in [7, 11) is 2.03. The Bertz CT molecular complexity index is 451. The molecule has 0 radical (unpaired) electrons. The summed E-state index contributed by atoms with van der Waals surface area (Å²) in [5.74, 6) is -1.58. The van der Waals surface area contributed by atoms with Crippen LogP contribution in [0.15, 0.2) is 18.2 Å². The minimum absolute atomic E-state index is 0.109. The summed E-state index contributed by atoms with van der Waals surface area (Å²) in [5.41, 5.74) is -0.109. The third-order valence-corrected chi connectivity index (χ3v) is 3.22. The van der Waals surface area contributed by atoms with Crippen LogP contribution in [0.5, 0.6) is 0 Å². The zero-order valence-corrected chi connectivity index (χ0v) is 10.2. The molecule has 1 amide bonds. The first kappa shape index (κ1) is 13.0. The molecule has 2 rings (SSSR count). The molecule has 1 heterocycles. The molecule has 1 aliphatic rings. The molecule has 1 N–H and O–H groups in total. The van der Waals surface area contributed by atoms with Crippen LogP contribution in [-0.4, -0.2) is 37.5 Å². The molecular weight excluding hydrogens is 238 g/mol. The van der Waals surface area contributed by atoms with E-state index in [1.807, 2.05) is 7.05 Å². The molecule has 0 saturated carbocycles. The van der Waals surface area contributed by atoms with Crippen LogP contribution < -0.4 is 5.32 Å². The summed E-state index contributed by atoms with van der Waals surface area (Å²) in [5, 5.41) is 2.69. The van der Waals surface area contributed by atoms with Crippen molar-refractivity contribution in [1.82, 2.24) is 10.2 Å². The highest BCUT2D eigenvalue weighted by Gasteiger charge is 2.20. The van der Waals surface area contributed by atoms with Crippen molar-refractivity contribution in [2.45, 2.75) is 6.42 Å². The Balaban J connectivity index is 1.91. The van der Waals surface area contributed by atoms with Crippen LogP contribution in [0.1, 0.15) is 16.8 Å². The quantitative estimate of drug-likeness (QED) is 0.889.